The summed E-state index contributed by atoms with van der Waals surface area (Å²) in [6.07, 6.45) is 0. The molecule has 1 unspecified atom stereocenters. The molecule has 1 aliphatic rings. The van der Waals surface area contributed by atoms with E-state index < -0.39 is 15.2 Å². The lowest BCUT2D eigenvalue weighted by Gasteiger charge is -2.29. The molecule has 4 nitrogen and oxygen atoms in total. The van der Waals surface area contributed by atoms with Crippen molar-refractivity contribution in [2.75, 3.05) is 25.4 Å². The molecule has 1 atom stereocenters. The van der Waals surface area contributed by atoms with Crippen LogP contribution in [0.1, 0.15) is 6.92 Å². The number of rotatable bonds is 1. The number of nitrogens with zero attached hydrogens (tertiary/aromatic N) is 1. The number of hydrogen-bond acceptors (Lipinski definition) is 4. The van der Waals surface area contributed by atoms with Crippen molar-refractivity contribution >= 4 is 9.84 Å². The zero-order chi connectivity index (χ0) is 8.48. The van der Waals surface area contributed by atoms with E-state index in [-0.39, 0.29) is 5.75 Å². The fraction of sp³-hybridized carbons (Fsp3) is 1.00. The van der Waals surface area contributed by atoms with Crippen LogP contribution >= 0.6 is 0 Å². The Morgan fingerprint density at radius 1 is 1.64 bits per heavy atom. The minimum atomic E-state index is -2.97. The summed E-state index contributed by atoms with van der Waals surface area (Å²) in [7, 11) is -2.97. The molecule has 0 aromatic carbocycles. The second kappa shape index (κ2) is 3.08. The minimum Gasteiger partial charge on any atom is -0.314 e. The van der Waals surface area contributed by atoms with Crippen LogP contribution < -0.4 is 5.73 Å². The normalized spacial score (nSPS) is 32.0. The van der Waals surface area contributed by atoms with Gasteiger partial charge in [0.05, 0.1) is 5.75 Å². The molecule has 1 saturated heterocycles. The van der Waals surface area contributed by atoms with Gasteiger partial charge in [-0.15, -0.1) is 0 Å². The van der Waals surface area contributed by atoms with Crippen molar-refractivity contribution in [2.45, 2.75) is 12.3 Å². The Balaban J connectivity index is 2.62. The standard InChI is InChI=1S/C6H14N2O2S/c1-2-8-3-4-11(9,10)6(7)5-8/h6H,2-5,7H2,1H3. The molecular weight excluding hydrogens is 164 g/mol. The zero-order valence-electron chi connectivity index (χ0n) is 6.66. The molecule has 0 aromatic rings. The Morgan fingerprint density at radius 3 is 2.73 bits per heavy atom. The summed E-state index contributed by atoms with van der Waals surface area (Å²) in [6.45, 7) is 4.00. The van der Waals surface area contributed by atoms with Crippen molar-refractivity contribution in [1.29, 1.82) is 0 Å². The van der Waals surface area contributed by atoms with Gasteiger partial charge in [-0.1, -0.05) is 6.92 Å². The van der Waals surface area contributed by atoms with Crippen molar-refractivity contribution in [3.63, 3.8) is 0 Å². The summed E-state index contributed by atoms with van der Waals surface area (Å²) in [4.78, 5) is 2.05. The van der Waals surface area contributed by atoms with Crippen molar-refractivity contribution < 1.29 is 8.42 Å². The van der Waals surface area contributed by atoms with Crippen molar-refractivity contribution in [3.8, 4) is 0 Å². The number of nitrogens with two attached hydrogens (primary N) is 1. The van der Waals surface area contributed by atoms with E-state index in [2.05, 4.69) is 0 Å². The molecule has 5 heteroatoms. The van der Waals surface area contributed by atoms with Crippen LogP contribution in [0.25, 0.3) is 0 Å². The predicted octanol–water partition coefficient (Wildman–Crippen LogP) is -0.978. The van der Waals surface area contributed by atoms with Crippen LogP contribution in [0.3, 0.4) is 0 Å². The minimum absolute atomic E-state index is 0.210. The van der Waals surface area contributed by atoms with E-state index in [4.69, 9.17) is 5.73 Å². The fourth-order valence-electron chi connectivity index (χ4n) is 1.15. The van der Waals surface area contributed by atoms with Gasteiger partial charge in [0.2, 0.25) is 0 Å². The molecule has 0 saturated carbocycles. The first-order valence-electron chi connectivity index (χ1n) is 3.76. The fourth-order valence-corrected chi connectivity index (χ4v) is 2.41. The summed E-state index contributed by atoms with van der Waals surface area (Å²) in [6, 6.07) is 0. The summed E-state index contributed by atoms with van der Waals surface area (Å²) in [5, 5.41) is -0.670. The maximum atomic E-state index is 11.1. The van der Waals surface area contributed by atoms with Crippen molar-refractivity contribution in [2.24, 2.45) is 5.73 Å². The lowest BCUT2D eigenvalue weighted by molar-refractivity contribution is 0.289. The highest BCUT2D eigenvalue weighted by Gasteiger charge is 2.28. The molecule has 0 radical (unpaired) electrons. The molecule has 0 spiro atoms. The Kier molecular flexibility index (Phi) is 2.51. The Hall–Kier alpha value is -0.130. The Bertz CT molecular complexity index is 225. The van der Waals surface area contributed by atoms with E-state index >= 15 is 0 Å². The first-order valence-corrected chi connectivity index (χ1v) is 5.47. The molecule has 1 rings (SSSR count). The highest BCUT2D eigenvalue weighted by atomic mass is 32.2. The number of sulfone groups is 1. The Morgan fingerprint density at radius 2 is 2.27 bits per heavy atom. The summed E-state index contributed by atoms with van der Waals surface area (Å²) in [5.41, 5.74) is 5.45. The molecule has 66 valence electrons. The highest BCUT2D eigenvalue weighted by molar-refractivity contribution is 7.92. The van der Waals surface area contributed by atoms with Gasteiger partial charge < -0.3 is 10.6 Å². The molecule has 11 heavy (non-hydrogen) atoms. The summed E-state index contributed by atoms with van der Waals surface area (Å²) >= 11 is 0. The molecular formula is C6H14N2O2S. The quantitative estimate of drug-likeness (QED) is 0.560. The van der Waals surface area contributed by atoms with Gasteiger partial charge >= 0.3 is 0 Å². The van der Waals surface area contributed by atoms with E-state index in [9.17, 15) is 8.42 Å². The van der Waals surface area contributed by atoms with Crippen molar-refractivity contribution in [3.05, 3.63) is 0 Å². The van der Waals surface area contributed by atoms with Gasteiger partial charge in [-0.05, 0) is 6.54 Å². The van der Waals surface area contributed by atoms with Gasteiger partial charge in [0, 0.05) is 13.1 Å². The molecule has 0 amide bonds. The van der Waals surface area contributed by atoms with Gasteiger partial charge in [-0.3, -0.25) is 0 Å². The molecule has 0 aliphatic carbocycles. The monoisotopic (exact) mass is 178 g/mol. The van der Waals surface area contributed by atoms with Crippen LogP contribution in [0.5, 0.6) is 0 Å². The van der Waals surface area contributed by atoms with Crippen LogP contribution in [0.4, 0.5) is 0 Å². The van der Waals surface area contributed by atoms with Gasteiger partial charge in [-0.2, -0.15) is 0 Å². The van der Waals surface area contributed by atoms with Gasteiger partial charge in [0.25, 0.3) is 0 Å². The second-order valence-corrected chi connectivity index (χ2v) is 5.14. The largest absolute Gasteiger partial charge is 0.314 e. The summed E-state index contributed by atoms with van der Waals surface area (Å²) in [5.74, 6) is 0.210. The van der Waals surface area contributed by atoms with E-state index in [0.29, 0.717) is 13.1 Å². The Labute approximate surface area is 67.3 Å². The molecule has 1 aliphatic heterocycles. The van der Waals surface area contributed by atoms with Crippen LogP contribution in [0, 0.1) is 0 Å². The third kappa shape index (κ3) is 1.91. The maximum Gasteiger partial charge on any atom is 0.168 e. The topological polar surface area (TPSA) is 63.4 Å². The van der Waals surface area contributed by atoms with E-state index in [1.807, 2.05) is 11.8 Å². The maximum absolute atomic E-state index is 11.1. The SMILES string of the molecule is CCN1CCS(=O)(=O)C(N)C1. The molecule has 0 bridgehead atoms. The lowest BCUT2D eigenvalue weighted by atomic mass is 10.4. The average molecular weight is 178 g/mol. The third-order valence-corrected chi connectivity index (χ3v) is 3.86. The third-order valence-electron chi connectivity index (χ3n) is 2.04. The molecule has 1 heterocycles. The second-order valence-electron chi connectivity index (χ2n) is 2.80. The predicted molar refractivity (Wildman–Crippen MR) is 43.9 cm³/mol. The van der Waals surface area contributed by atoms with Crippen LogP contribution in [0.2, 0.25) is 0 Å². The van der Waals surface area contributed by atoms with E-state index in [0.717, 1.165) is 6.54 Å². The highest BCUT2D eigenvalue weighted by Crippen LogP contribution is 2.06. The average Bonchev–Trinajstić information content (AvgIpc) is 1.95. The zero-order valence-corrected chi connectivity index (χ0v) is 7.47. The van der Waals surface area contributed by atoms with E-state index in [1.165, 1.54) is 0 Å². The lowest BCUT2D eigenvalue weighted by Crippen LogP contribution is -2.50. The first kappa shape index (κ1) is 8.96. The van der Waals surface area contributed by atoms with Crippen LogP contribution in [0.15, 0.2) is 0 Å². The number of likely N-dealkylation sites (N-methyl/N-ethyl adjacent to an activating group) is 1. The number of hydrogen-bond donors (Lipinski definition) is 1. The van der Waals surface area contributed by atoms with Gasteiger partial charge in [-0.25, -0.2) is 8.42 Å². The van der Waals surface area contributed by atoms with Crippen molar-refractivity contribution in [1.82, 2.24) is 4.90 Å². The molecule has 0 aromatic heterocycles. The smallest absolute Gasteiger partial charge is 0.168 e. The van der Waals surface area contributed by atoms with Crippen LogP contribution in [-0.2, 0) is 9.84 Å². The van der Waals surface area contributed by atoms with E-state index in [1.54, 1.807) is 0 Å². The molecule has 1 fully saturated rings. The van der Waals surface area contributed by atoms with Crippen LogP contribution in [-0.4, -0.2) is 44.1 Å². The molecule has 2 N–H and O–H groups in total. The first-order chi connectivity index (χ1) is 5.06. The van der Waals surface area contributed by atoms with Gasteiger partial charge in [0.15, 0.2) is 9.84 Å². The van der Waals surface area contributed by atoms with Gasteiger partial charge in [0.1, 0.15) is 5.37 Å². The summed E-state index contributed by atoms with van der Waals surface area (Å²) < 4.78 is 22.2.